The van der Waals surface area contributed by atoms with Crippen molar-refractivity contribution in [1.29, 1.82) is 0 Å². The molecule has 0 atom stereocenters. The first-order valence-corrected chi connectivity index (χ1v) is 6.07. The van der Waals surface area contributed by atoms with Crippen LogP contribution >= 0.6 is 0 Å². The van der Waals surface area contributed by atoms with Crippen LogP contribution in [0.3, 0.4) is 0 Å². The standard InChI is InChI=1S/C11H20FN5O2/c1-18-6-7-19-5-3-2-4-14-10-9(12)8-15-11(16-10)17-13/h8H,2-7,13H2,1H3,(H2,14,15,16,17). The van der Waals surface area contributed by atoms with Crippen LogP contribution in [0.5, 0.6) is 0 Å². The van der Waals surface area contributed by atoms with Gasteiger partial charge in [0.1, 0.15) is 0 Å². The average Bonchev–Trinajstić information content (AvgIpc) is 2.43. The van der Waals surface area contributed by atoms with Gasteiger partial charge in [0.2, 0.25) is 5.95 Å². The van der Waals surface area contributed by atoms with Crippen molar-refractivity contribution in [3.63, 3.8) is 0 Å². The summed E-state index contributed by atoms with van der Waals surface area (Å²) in [6, 6.07) is 0. The monoisotopic (exact) mass is 273 g/mol. The summed E-state index contributed by atoms with van der Waals surface area (Å²) in [4.78, 5) is 7.52. The van der Waals surface area contributed by atoms with Crippen molar-refractivity contribution < 1.29 is 13.9 Å². The number of nitrogens with zero attached hydrogens (tertiary/aromatic N) is 2. The SMILES string of the molecule is COCCOCCCCNc1nc(NN)ncc1F. The lowest BCUT2D eigenvalue weighted by Crippen LogP contribution is -2.13. The summed E-state index contributed by atoms with van der Waals surface area (Å²) in [6.45, 7) is 2.45. The van der Waals surface area contributed by atoms with Gasteiger partial charge in [-0.2, -0.15) is 4.98 Å². The first-order chi connectivity index (χ1) is 9.27. The van der Waals surface area contributed by atoms with Gasteiger partial charge in [-0.3, -0.25) is 5.43 Å². The third-order valence-corrected chi connectivity index (χ3v) is 2.31. The van der Waals surface area contributed by atoms with E-state index in [0.29, 0.717) is 26.4 Å². The first kappa shape index (κ1) is 15.5. The summed E-state index contributed by atoms with van der Waals surface area (Å²) >= 11 is 0. The van der Waals surface area contributed by atoms with Gasteiger partial charge in [-0.1, -0.05) is 0 Å². The molecule has 19 heavy (non-hydrogen) atoms. The highest BCUT2D eigenvalue weighted by Crippen LogP contribution is 2.11. The predicted molar refractivity (Wildman–Crippen MR) is 70.2 cm³/mol. The van der Waals surface area contributed by atoms with Crippen molar-refractivity contribution in [2.75, 3.05) is 44.2 Å². The number of aromatic nitrogens is 2. The quantitative estimate of drug-likeness (QED) is 0.329. The highest BCUT2D eigenvalue weighted by molar-refractivity contribution is 5.40. The van der Waals surface area contributed by atoms with Crippen LogP contribution in [-0.4, -0.2) is 43.4 Å². The van der Waals surface area contributed by atoms with Crippen molar-refractivity contribution >= 4 is 11.8 Å². The fourth-order valence-corrected chi connectivity index (χ4v) is 1.34. The van der Waals surface area contributed by atoms with Crippen LogP contribution in [0.25, 0.3) is 0 Å². The number of rotatable bonds is 10. The van der Waals surface area contributed by atoms with Crippen molar-refractivity contribution in [3.05, 3.63) is 12.0 Å². The second-order valence-corrected chi connectivity index (χ2v) is 3.77. The maximum absolute atomic E-state index is 13.3. The number of hydrazine groups is 1. The fourth-order valence-electron chi connectivity index (χ4n) is 1.34. The number of hydrogen-bond acceptors (Lipinski definition) is 7. The molecule has 0 unspecified atom stereocenters. The molecule has 0 saturated carbocycles. The maximum Gasteiger partial charge on any atom is 0.239 e. The van der Waals surface area contributed by atoms with Gasteiger partial charge in [0.25, 0.3) is 0 Å². The molecule has 0 radical (unpaired) electrons. The summed E-state index contributed by atoms with van der Waals surface area (Å²) < 4.78 is 23.5. The number of nitrogen functional groups attached to an aromatic ring is 1. The Bertz CT molecular complexity index is 367. The number of ether oxygens (including phenoxy) is 2. The van der Waals surface area contributed by atoms with Crippen LogP contribution in [-0.2, 0) is 9.47 Å². The molecule has 0 spiro atoms. The van der Waals surface area contributed by atoms with E-state index in [1.165, 1.54) is 0 Å². The van der Waals surface area contributed by atoms with E-state index in [4.69, 9.17) is 15.3 Å². The van der Waals surface area contributed by atoms with Crippen molar-refractivity contribution in [1.82, 2.24) is 9.97 Å². The molecule has 0 aliphatic carbocycles. The number of unbranched alkanes of at least 4 members (excludes halogenated alkanes) is 1. The van der Waals surface area contributed by atoms with E-state index in [1.54, 1.807) is 7.11 Å². The van der Waals surface area contributed by atoms with Crippen LogP contribution in [0.4, 0.5) is 16.2 Å². The predicted octanol–water partition coefficient (Wildman–Crippen LogP) is 0.756. The molecular formula is C11H20FN5O2. The Morgan fingerprint density at radius 3 is 2.89 bits per heavy atom. The molecule has 8 heteroatoms. The van der Waals surface area contributed by atoms with E-state index < -0.39 is 5.82 Å². The lowest BCUT2D eigenvalue weighted by atomic mass is 10.3. The van der Waals surface area contributed by atoms with E-state index in [0.717, 1.165) is 19.0 Å². The van der Waals surface area contributed by atoms with Gasteiger partial charge >= 0.3 is 0 Å². The summed E-state index contributed by atoms with van der Waals surface area (Å²) in [5.41, 5.74) is 2.26. The molecule has 1 aromatic heterocycles. The largest absolute Gasteiger partial charge is 0.382 e. The van der Waals surface area contributed by atoms with Gasteiger partial charge in [-0.05, 0) is 12.8 Å². The summed E-state index contributed by atoms with van der Waals surface area (Å²) in [7, 11) is 1.63. The average molecular weight is 273 g/mol. The van der Waals surface area contributed by atoms with E-state index in [2.05, 4.69) is 20.7 Å². The Morgan fingerprint density at radius 1 is 1.32 bits per heavy atom. The zero-order chi connectivity index (χ0) is 13.9. The second-order valence-electron chi connectivity index (χ2n) is 3.77. The van der Waals surface area contributed by atoms with Gasteiger partial charge in [0, 0.05) is 20.3 Å². The Labute approximate surface area is 111 Å². The molecule has 0 aromatic carbocycles. The minimum Gasteiger partial charge on any atom is -0.382 e. The molecule has 1 rings (SSSR count). The number of nitrogens with two attached hydrogens (primary N) is 1. The van der Waals surface area contributed by atoms with Crippen LogP contribution in [0.15, 0.2) is 6.20 Å². The van der Waals surface area contributed by atoms with Gasteiger partial charge < -0.3 is 14.8 Å². The van der Waals surface area contributed by atoms with E-state index in [-0.39, 0.29) is 11.8 Å². The topological polar surface area (TPSA) is 94.3 Å². The van der Waals surface area contributed by atoms with Gasteiger partial charge in [-0.25, -0.2) is 15.2 Å². The van der Waals surface area contributed by atoms with E-state index in [9.17, 15) is 4.39 Å². The number of anilines is 2. The fraction of sp³-hybridized carbons (Fsp3) is 0.636. The second kappa shape index (κ2) is 9.42. The summed E-state index contributed by atoms with van der Waals surface area (Å²) in [5, 5.41) is 2.89. The molecule has 108 valence electrons. The highest BCUT2D eigenvalue weighted by Gasteiger charge is 2.05. The lowest BCUT2D eigenvalue weighted by Gasteiger charge is -2.08. The van der Waals surface area contributed by atoms with Crippen LogP contribution in [0.1, 0.15) is 12.8 Å². The van der Waals surface area contributed by atoms with Crippen LogP contribution < -0.4 is 16.6 Å². The zero-order valence-corrected chi connectivity index (χ0v) is 11.0. The van der Waals surface area contributed by atoms with Crippen molar-refractivity contribution in [2.45, 2.75) is 12.8 Å². The number of hydrogen-bond donors (Lipinski definition) is 3. The molecule has 0 saturated heterocycles. The number of nitrogens with one attached hydrogen (secondary N) is 2. The van der Waals surface area contributed by atoms with Crippen molar-refractivity contribution in [2.24, 2.45) is 5.84 Å². The first-order valence-electron chi connectivity index (χ1n) is 6.07. The van der Waals surface area contributed by atoms with Crippen molar-refractivity contribution in [3.8, 4) is 0 Å². The minimum absolute atomic E-state index is 0.142. The maximum atomic E-state index is 13.3. The summed E-state index contributed by atoms with van der Waals surface area (Å²) in [5.74, 6) is 4.96. The van der Waals surface area contributed by atoms with Gasteiger partial charge in [0.15, 0.2) is 11.6 Å². The molecule has 0 aliphatic heterocycles. The molecule has 0 aliphatic rings. The molecule has 0 amide bonds. The Hall–Kier alpha value is -1.51. The number of halogens is 1. The lowest BCUT2D eigenvalue weighted by molar-refractivity contribution is 0.0691. The summed E-state index contributed by atoms with van der Waals surface area (Å²) in [6.07, 6.45) is 2.80. The van der Waals surface area contributed by atoms with Crippen LogP contribution in [0.2, 0.25) is 0 Å². The Morgan fingerprint density at radius 2 is 2.16 bits per heavy atom. The highest BCUT2D eigenvalue weighted by atomic mass is 19.1. The van der Waals surface area contributed by atoms with E-state index >= 15 is 0 Å². The Balaban J connectivity index is 2.15. The zero-order valence-electron chi connectivity index (χ0n) is 11.0. The van der Waals surface area contributed by atoms with Crippen LogP contribution in [0, 0.1) is 5.82 Å². The molecule has 7 nitrogen and oxygen atoms in total. The smallest absolute Gasteiger partial charge is 0.239 e. The van der Waals surface area contributed by atoms with Gasteiger partial charge in [-0.15, -0.1) is 0 Å². The minimum atomic E-state index is -0.504. The normalized spacial score (nSPS) is 10.5. The molecule has 1 aromatic rings. The Kier molecular flexibility index (Phi) is 7.71. The molecular weight excluding hydrogens is 253 g/mol. The third kappa shape index (κ3) is 6.27. The third-order valence-electron chi connectivity index (χ3n) is 2.31. The van der Waals surface area contributed by atoms with Gasteiger partial charge in [0.05, 0.1) is 19.4 Å². The van der Waals surface area contributed by atoms with E-state index in [1.807, 2.05) is 0 Å². The molecule has 0 bridgehead atoms. The molecule has 1 heterocycles. The number of methoxy groups -OCH3 is 1. The molecule has 4 N–H and O–H groups in total. The molecule has 0 fully saturated rings.